The molecule has 0 aliphatic rings. The molecule has 0 heterocycles. The van der Waals surface area contributed by atoms with Crippen LogP contribution in [-0.2, 0) is 22.4 Å². The molecule has 0 aliphatic heterocycles. The maximum Gasteiger partial charge on any atom is 0.244 e. The van der Waals surface area contributed by atoms with Crippen LogP contribution >= 0.6 is 0 Å². The van der Waals surface area contributed by atoms with Gasteiger partial charge in [-0.2, -0.15) is 0 Å². The van der Waals surface area contributed by atoms with Gasteiger partial charge < -0.3 is 5.32 Å². The first-order valence-electron chi connectivity index (χ1n) is 11.9. The minimum absolute atomic E-state index is 0.159. The van der Waals surface area contributed by atoms with Crippen molar-refractivity contribution in [2.24, 2.45) is 5.92 Å². The summed E-state index contributed by atoms with van der Waals surface area (Å²) in [5, 5.41) is 11.9. The lowest BCUT2D eigenvalue weighted by molar-refractivity contribution is -0.135. The molecule has 0 aliphatic carbocycles. The molecule has 0 spiro atoms. The van der Waals surface area contributed by atoms with E-state index in [0.29, 0.717) is 24.8 Å². The summed E-state index contributed by atoms with van der Waals surface area (Å²) >= 11 is 0. The van der Waals surface area contributed by atoms with Crippen molar-refractivity contribution in [3.8, 4) is 0 Å². The third kappa shape index (κ3) is 8.19. The first-order chi connectivity index (χ1) is 17.0. The van der Waals surface area contributed by atoms with E-state index in [-0.39, 0.29) is 18.1 Å². The molecular weight excluding hydrogens is 440 g/mol. The number of ketones is 1. The molecule has 0 bridgehead atoms. The largest absolute Gasteiger partial charge is 0.345 e. The third-order valence-corrected chi connectivity index (χ3v) is 6.04. The normalized spacial score (nSPS) is 12.4. The van der Waals surface area contributed by atoms with Crippen LogP contribution in [0.5, 0.6) is 0 Å². The Kier molecular flexibility index (Phi) is 9.75. The Hall–Kier alpha value is -3.77. The lowest BCUT2D eigenvalue weighted by atomic mass is 9.93. The van der Waals surface area contributed by atoms with Gasteiger partial charge in [0, 0.05) is 24.3 Å². The van der Waals surface area contributed by atoms with Gasteiger partial charge in [0.15, 0.2) is 5.78 Å². The van der Waals surface area contributed by atoms with Crippen LogP contribution in [0.25, 0.3) is 0 Å². The van der Waals surface area contributed by atoms with Crippen molar-refractivity contribution in [3.63, 3.8) is 0 Å². The zero-order valence-corrected chi connectivity index (χ0v) is 19.9. The van der Waals surface area contributed by atoms with Gasteiger partial charge in [0.05, 0.1) is 6.04 Å². The zero-order valence-electron chi connectivity index (χ0n) is 19.9. The molecule has 35 heavy (non-hydrogen) atoms. The number of benzene rings is 3. The van der Waals surface area contributed by atoms with Gasteiger partial charge in [0.25, 0.3) is 0 Å². The summed E-state index contributed by atoms with van der Waals surface area (Å²) in [5.74, 6) is -1.86. The van der Waals surface area contributed by atoms with Gasteiger partial charge in [-0.1, -0.05) is 90.5 Å². The number of carbonyl (C=O) groups is 3. The Balaban J connectivity index is 1.73. The van der Waals surface area contributed by atoms with E-state index in [1.807, 2.05) is 55.5 Å². The highest BCUT2D eigenvalue weighted by molar-refractivity contribution is 6.02. The van der Waals surface area contributed by atoms with E-state index in [9.17, 15) is 14.4 Å². The second-order valence-electron chi connectivity index (χ2n) is 8.80. The number of rotatable bonds is 12. The van der Waals surface area contributed by atoms with Gasteiger partial charge in [0.1, 0.15) is 0 Å². The molecule has 0 saturated carbocycles. The summed E-state index contributed by atoms with van der Waals surface area (Å²) in [7, 11) is 0. The topological polar surface area (TPSA) is 95.5 Å². The molecule has 3 N–H and O–H groups in total. The minimum atomic E-state index is -0.774. The molecule has 6 nitrogen and oxygen atoms in total. The van der Waals surface area contributed by atoms with Crippen LogP contribution < -0.4 is 10.8 Å². The molecule has 0 aromatic heterocycles. The summed E-state index contributed by atoms with van der Waals surface area (Å²) in [6.07, 6.45) is 2.08. The Morgan fingerprint density at radius 3 is 2.09 bits per heavy atom. The molecule has 3 aromatic rings. The van der Waals surface area contributed by atoms with Crippen LogP contribution in [0.2, 0.25) is 0 Å². The number of nitrogens with one attached hydrogen (secondary N) is 2. The number of hydroxylamine groups is 1. The molecular formula is C29H32N2O4. The fourth-order valence-corrected chi connectivity index (χ4v) is 4.05. The van der Waals surface area contributed by atoms with Crippen molar-refractivity contribution in [2.75, 3.05) is 0 Å². The lowest BCUT2D eigenvalue weighted by Gasteiger charge is -2.22. The fourth-order valence-electron chi connectivity index (χ4n) is 4.05. The summed E-state index contributed by atoms with van der Waals surface area (Å²) in [6, 6.07) is 25.8. The average molecular weight is 473 g/mol. The highest BCUT2D eigenvalue weighted by atomic mass is 16.5. The van der Waals surface area contributed by atoms with Crippen LogP contribution in [0, 0.1) is 12.8 Å². The predicted octanol–water partition coefficient (Wildman–Crippen LogP) is 4.44. The number of hydrogen-bond donors (Lipinski definition) is 3. The van der Waals surface area contributed by atoms with Crippen LogP contribution in [0.4, 0.5) is 0 Å². The van der Waals surface area contributed by atoms with Crippen molar-refractivity contribution < 1.29 is 19.6 Å². The van der Waals surface area contributed by atoms with Crippen LogP contribution in [0.1, 0.15) is 46.3 Å². The van der Waals surface area contributed by atoms with Gasteiger partial charge in [-0.05, 0) is 37.3 Å². The minimum Gasteiger partial charge on any atom is -0.345 e. The van der Waals surface area contributed by atoms with Gasteiger partial charge >= 0.3 is 0 Å². The molecule has 3 rings (SSSR count). The van der Waals surface area contributed by atoms with Crippen LogP contribution in [0.15, 0.2) is 84.9 Å². The van der Waals surface area contributed by atoms with Gasteiger partial charge in [-0.15, -0.1) is 0 Å². The Morgan fingerprint density at radius 1 is 0.829 bits per heavy atom. The van der Waals surface area contributed by atoms with E-state index in [2.05, 4.69) is 17.4 Å². The SMILES string of the molecule is Cc1ccc(CCC[C@@H](CC(=O)NO)C(=O)N[C@@H](Cc2ccccc2)C(=O)c2ccccc2)cc1. The lowest BCUT2D eigenvalue weighted by Crippen LogP contribution is -2.45. The Morgan fingerprint density at radius 2 is 1.46 bits per heavy atom. The molecule has 0 fully saturated rings. The van der Waals surface area contributed by atoms with E-state index in [1.165, 1.54) is 5.56 Å². The molecule has 2 amide bonds. The van der Waals surface area contributed by atoms with Crippen molar-refractivity contribution in [1.82, 2.24) is 10.8 Å². The second kappa shape index (κ2) is 13.2. The van der Waals surface area contributed by atoms with E-state index in [4.69, 9.17) is 5.21 Å². The van der Waals surface area contributed by atoms with Crippen molar-refractivity contribution >= 4 is 17.6 Å². The molecule has 182 valence electrons. The van der Waals surface area contributed by atoms with Crippen molar-refractivity contribution in [3.05, 3.63) is 107 Å². The Labute approximate surface area is 206 Å². The average Bonchev–Trinajstić information content (AvgIpc) is 2.89. The highest BCUT2D eigenvalue weighted by Crippen LogP contribution is 2.17. The van der Waals surface area contributed by atoms with Crippen LogP contribution in [-0.4, -0.2) is 28.8 Å². The standard InChI is InChI=1S/C29H32N2O4/c1-21-15-17-22(18-16-21)11-8-14-25(20-27(32)31-35)29(34)30-26(19-23-9-4-2-5-10-23)28(33)24-12-6-3-7-13-24/h2-7,9-10,12-13,15-18,25-26,35H,8,11,14,19-20H2,1H3,(H,30,34)(H,31,32)/t25-,26-/m0/s1. The van der Waals surface area contributed by atoms with E-state index < -0.39 is 17.9 Å². The highest BCUT2D eigenvalue weighted by Gasteiger charge is 2.28. The molecule has 0 radical (unpaired) electrons. The number of Topliss-reactive ketones (excluding diaryl/α,β-unsaturated/α-hetero) is 1. The van der Waals surface area contributed by atoms with E-state index in [1.54, 1.807) is 29.7 Å². The zero-order chi connectivity index (χ0) is 25.0. The summed E-state index contributed by atoms with van der Waals surface area (Å²) in [4.78, 5) is 38.5. The fraction of sp³-hybridized carbons (Fsp3) is 0.276. The van der Waals surface area contributed by atoms with Gasteiger partial charge in [-0.25, -0.2) is 5.48 Å². The number of carbonyl (C=O) groups excluding carboxylic acids is 3. The third-order valence-electron chi connectivity index (χ3n) is 6.04. The van der Waals surface area contributed by atoms with Gasteiger partial charge in [0.2, 0.25) is 11.8 Å². The van der Waals surface area contributed by atoms with Crippen molar-refractivity contribution in [1.29, 1.82) is 0 Å². The summed E-state index contributed by atoms with van der Waals surface area (Å²) in [6.45, 7) is 2.03. The van der Waals surface area contributed by atoms with Gasteiger partial charge in [-0.3, -0.25) is 19.6 Å². The smallest absolute Gasteiger partial charge is 0.244 e. The van der Waals surface area contributed by atoms with E-state index >= 15 is 0 Å². The maximum absolute atomic E-state index is 13.3. The summed E-state index contributed by atoms with van der Waals surface area (Å²) < 4.78 is 0. The second-order valence-corrected chi connectivity index (χ2v) is 8.80. The van der Waals surface area contributed by atoms with Crippen molar-refractivity contribution in [2.45, 2.75) is 45.1 Å². The quantitative estimate of drug-likeness (QED) is 0.206. The molecule has 6 heteroatoms. The van der Waals surface area contributed by atoms with E-state index in [0.717, 1.165) is 17.5 Å². The van der Waals surface area contributed by atoms with Crippen LogP contribution in [0.3, 0.4) is 0 Å². The first-order valence-corrected chi connectivity index (χ1v) is 11.9. The summed E-state index contributed by atoms with van der Waals surface area (Å²) in [5.41, 5.74) is 5.39. The molecule has 0 saturated heterocycles. The molecule has 0 unspecified atom stereocenters. The molecule has 2 atom stereocenters. The Bertz CT molecular complexity index is 1100. The number of aryl methyl sites for hydroxylation is 2. The molecule has 3 aromatic carbocycles. The number of amides is 2. The number of hydrogen-bond acceptors (Lipinski definition) is 4. The maximum atomic E-state index is 13.3. The monoisotopic (exact) mass is 472 g/mol. The first kappa shape index (κ1) is 25.8. The predicted molar refractivity (Wildman–Crippen MR) is 135 cm³/mol.